The van der Waals surface area contributed by atoms with E-state index in [1.807, 2.05) is 25.7 Å². The second-order valence-electron chi connectivity index (χ2n) is 9.39. The molecule has 1 atom stereocenters. The molecule has 0 bridgehead atoms. The van der Waals surface area contributed by atoms with Gasteiger partial charge in [0, 0.05) is 29.8 Å². The number of fused-ring (bicyclic) bond motifs is 1. The van der Waals surface area contributed by atoms with Crippen molar-refractivity contribution in [2.45, 2.75) is 58.7 Å². The van der Waals surface area contributed by atoms with Gasteiger partial charge < -0.3 is 20.4 Å². The fourth-order valence-electron chi connectivity index (χ4n) is 4.69. The molecule has 1 aromatic carbocycles. The summed E-state index contributed by atoms with van der Waals surface area (Å²) < 4.78 is 1.67. The third kappa shape index (κ3) is 5.19. The number of nitrogens with zero attached hydrogens (tertiary/aromatic N) is 4. The van der Waals surface area contributed by atoms with Crippen molar-refractivity contribution in [3.63, 3.8) is 0 Å². The number of imidazole rings is 1. The van der Waals surface area contributed by atoms with Crippen molar-refractivity contribution in [3.05, 3.63) is 47.0 Å². The van der Waals surface area contributed by atoms with Crippen LogP contribution >= 0.6 is 11.6 Å². The van der Waals surface area contributed by atoms with Crippen LogP contribution in [0.2, 0.25) is 5.02 Å². The molecule has 182 valence electrons. The number of urea groups is 1. The minimum absolute atomic E-state index is 0.0343. The number of aromatic nitrogens is 2. The highest BCUT2D eigenvalue weighted by atomic mass is 35.5. The van der Waals surface area contributed by atoms with Crippen LogP contribution in [0.1, 0.15) is 44.6 Å². The Kier molecular flexibility index (Phi) is 7.11. The number of nitrogens with one attached hydrogen (secondary N) is 2. The second-order valence-corrected chi connectivity index (χ2v) is 9.82. The number of carbonyl (C=O) groups excluding carboxylic acids is 3. The fraction of sp³-hybridized carbons (Fsp3) is 0.500. The minimum atomic E-state index is -0.619. The van der Waals surface area contributed by atoms with Crippen molar-refractivity contribution < 1.29 is 14.4 Å². The van der Waals surface area contributed by atoms with Crippen LogP contribution in [0.25, 0.3) is 0 Å². The normalized spacial score (nSPS) is 17.1. The van der Waals surface area contributed by atoms with E-state index in [9.17, 15) is 14.4 Å². The zero-order chi connectivity index (χ0) is 24.4. The Morgan fingerprint density at radius 3 is 2.47 bits per heavy atom. The average Bonchev–Trinajstić information content (AvgIpc) is 3.33. The Labute approximate surface area is 204 Å². The van der Waals surface area contributed by atoms with Crippen LogP contribution in [0.15, 0.2) is 30.5 Å². The van der Waals surface area contributed by atoms with Gasteiger partial charge in [-0.25, -0.2) is 14.6 Å². The highest BCUT2D eigenvalue weighted by Gasteiger charge is 2.37. The number of hydrogen-bond donors (Lipinski definition) is 2. The van der Waals surface area contributed by atoms with E-state index in [0.717, 1.165) is 5.69 Å². The molecule has 34 heavy (non-hydrogen) atoms. The molecule has 4 rings (SSSR count). The third-order valence-corrected chi connectivity index (χ3v) is 6.66. The Bertz CT molecular complexity index is 1060. The topological polar surface area (TPSA) is 99.6 Å². The van der Waals surface area contributed by atoms with Gasteiger partial charge in [-0.3, -0.25) is 9.36 Å². The van der Waals surface area contributed by atoms with Crippen molar-refractivity contribution in [2.75, 3.05) is 18.4 Å². The first-order chi connectivity index (χ1) is 16.2. The lowest BCUT2D eigenvalue weighted by Crippen LogP contribution is -2.54. The van der Waals surface area contributed by atoms with Crippen molar-refractivity contribution in [2.24, 2.45) is 5.92 Å². The van der Waals surface area contributed by atoms with Crippen molar-refractivity contribution in [1.29, 1.82) is 0 Å². The Morgan fingerprint density at radius 2 is 1.85 bits per heavy atom. The van der Waals surface area contributed by atoms with E-state index >= 15 is 0 Å². The van der Waals surface area contributed by atoms with Gasteiger partial charge in [-0.2, -0.15) is 0 Å². The summed E-state index contributed by atoms with van der Waals surface area (Å²) in [5.41, 5.74) is 1.51. The summed E-state index contributed by atoms with van der Waals surface area (Å²) in [6.45, 7) is 7.54. The van der Waals surface area contributed by atoms with Gasteiger partial charge in [-0.1, -0.05) is 25.4 Å². The molecule has 1 saturated heterocycles. The highest BCUT2D eigenvalue weighted by molar-refractivity contribution is 6.30. The molecule has 1 aromatic heterocycles. The predicted molar refractivity (Wildman–Crippen MR) is 130 cm³/mol. The van der Waals surface area contributed by atoms with Crippen molar-refractivity contribution in [3.8, 4) is 0 Å². The van der Waals surface area contributed by atoms with Crippen LogP contribution in [0.3, 0.4) is 0 Å². The molecule has 2 aromatic rings. The summed E-state index contributed by atoms with van der Waals surface area (Å²) in [4.78, 5) is 46.6. The number of anilines is 1. The zero-order valence-corrected chi connectivity index (χ0v) is 20.5. The van der Waals surface area contributed by atoms with Gasteiger partial charge in [0.2, 0.25) is 5.91 Å². The Balaban J connectivity index is 1.34. The number of halogens is 1. The highest BCUT2D eigenvalue weighted by Crippen LogP contribution is 2.26. The van der Waals surface area contributed by atoms with E-state index in [0.29, 0.717) is 55.4 Å². The number of carbonyl (C=O) groups is 3. The second kappa shape index (κ2) is 10.0. The van der Waals surface area contributed by atoms with E-state index in [-0.39, 0.29) is 23.9 Å². The van der Waals surface area contributed by atoms with Crippen molar-refractivity contribution in [1.82, 2.24) is 24.7 Å². The van der Waals surface area contributed by atoms with Crippen LogP contribution in [0.4, 0.5) is 15.3 Å². The first-order valence-corrected chi connectivity index (χ1v) is 12.1. The molecule has 2 aliphatic rings. The first-order valence-electron chi connectivity index (χ1n) is 11.7. The van der Waals surface area contributed by atoms with Crippen LogP contribution < -0.4 is 10.6 Å². The summed E-state index contributed by atoms with van der Waals surface area (Å²) in [5.74, 6) is 0.850. The van der Waals surface area contributed by atoms with Crippen LogP contribution in [-0.2, 0) is 11.3 Å². The van der Waals surface area contributed by atoms with Gasteiger partial charge in [0.15, 0.2) is 0 Å². The standard InChI is InChI=1S/C24H31ClN6O3/c1-15(2)12-21(28-23(33)27-18-6-4-17(25)5-7-18)22(32)29-10-8-19(9-11-29)30-14-20-13-26-16(3)31(20)24(30)34/h4-7,13,15,19,21H,8-12,14H2,1-3H3,(H2,27,28,33)/t21-/m1/s1. The van der Waals surface area contributed by atoms with Crippen LogP contribution in [0.5, 0.6) is 0 Å². The molecule has 0 unspecified atom stereocenters. The van der Waals surface area contributed by atoms with E-state index in [1.165, 1.54) is 0 Å². The quantitative estimate of drug-likeness (QED) is 0.647. The van der Waals surface area contributed by atoms with E-state index in [2.05, 4.69) is 15.6 Å². The van der Waals surface area contributed by atoms with E-state index in [4.69, 9.17) is 11.6 Å². The molecular weight excluding hydrogens is 456 g/mol. The molecule has 1 fully saturated rings. The smallest absolute Gasteiger partial charge is 0.330 e. The number of benzene rings is 1. The molecule has 0 aliphatic carbocycles. The van der Waals surface area contributed by atoms with E-state index in [1.54, 1.807) is 39.9 Å². The predicted octanol–water partition coefficient (Wildman–Crippen LogP) is 3.86. The lowest BCUT2D eigenvalue weighted by Gasteiger charge is -2.38. The van der Waals surface area contributed by atoms with Crippen LogP contribution in [0, 0.1) is 12.8 Å². The molecule has 0 radical (unpaired) electrons. The maximum absolute atomic E-state index is 13.3. The lowest BCUT2D eigenvalue weighted by molar-refractivity contribution is -0.135. The Hall–Kier alpha value is -3.07. The molecule has 4 amide bonds. The lowest BCUT2D eigenvalue weighted by atomic mass is 9.99. The maximum atomic E-state index is 13.3. The van der Waals surface area contributed by atoms with Gasteiger partial charge in [0.25, 0.3) is 0 Å². The molecule has 10 heteroatoms. The van der Waals surface area contributed by atoms with Gasteiger partial charge in [-0.15, -0.1) is 0 Å². The Morgan fingerprint density at radius 1 is 1.18 bits per heavy atom. The summed E-state index contributed by atoms with van der Waals surface area (Å²) in [6.07, 6.45) is 3.71. The summed E-state index contributed by atoms with van der Waals surface area (Å²) >= 11 is 5.90. The molecular formula is C24H31ClN6O3. The SMILES string of the molecule is Cc1ncc2n1C(=O)N(C1CCN(C(=O)[C@@H](CC(C)C)NC(=O)Nc3ccc(Cl)cc3)CC1)C2. The molecule has 2 aliphatic heterocycles. The summed E-state index contributed by atoms with van der Waals surface area (Å²) in [7, 11) is 0. The third-order valence-electron chi connectivity index (χ3n) is 6.41. The maximum Gasteiger partial charge on any atom is 0.330 e. The van der Waals surface area contributed by atoms with Crippen LogP contribution in [-0.4, -0.2) is 62.5 Å². The van der Waals surface area contributed by atoms with Gasteiger partial charge in [-0.05, 0) is 56.4 Å². The molecule has 0 saturated carbocycles. The fourth-order valence-corrected chi connectivity index (χ4v) is 4.82. The minimum Gasteiger partial charge on any atom is -0.341 e. The number of likely N-dealkylation sites (tertiary alicyclic amines) is 1. The number of piperidine rings is 1. The first kappa shape index (κ1) is 24.1. The number of hydrogen-bond acceptors (Lipinski definition) is 4. The van der Waals surface area contributed by atoms with Gasteiger partial charge in [0.1, 0.15) is 11.9 Å². The monoisotopic (exact) mass is 486 g/mol. The number of rotatable bonds is 6. The van der Waals surface area contributed by atoms with E-state index < -0.39 is 12.1 Å². The molecule has 9 nitrogen and oxygen atoms in total. The summed E-state index contributed by atoms with van der Waals surface area (Å²) in [5, 5.41) is 6.19. The van der Waals surface area contributed by atoms with Gasteiger partial charge >= 0.3 is 12.1 Å². The zero-order valence-electron chi connectivity index (χ0n) is 19.8. The molecule has 0 spiro atoms. The van der Waals surface area contributed by atoms with Gasteiger partial charge in [0.05, 0.1) is 18.4 Å². The number of amides is 4. The molecule has 2 N–H and O–H groups in total. The van der Waals surface area contributed by atoms with Crippen molar-refractivity contribution >= 4 is 35.3 Å². The largest absolute Gasteiger partial charge is 0.341 e. The average molecular weight is 487 g/mol. The summed E-state index contributed by atoms with van der Waals surface area (Å²) in [6, 6.07) is 5.81. The molecule has 3 heterocycles. The number of aryl methyl sites for hydroxylation is 1.